The quantitative estimate of drug-likeness (QED) is 0.361. The highest BCUT2D eigenvalue weighted by Gasteiger charge is 2.18. The maximum Gasteiger partial charge on any atom is 0.235 e. The van der Waals surface area contributed by atoms with Gasteiger partial charge < -0.3 is 4.74 Å². The van der Waals surface area contributed by atoms with Crippen molar-refractivity contribution in [1.82, 2.24) is 10.3 Å². The Kier molecular flexibility index (Phi) is 7.29. The zero-order chi connectivity index (χ0) is 11.8. The Morgan fingerprint density at radius 1 is 1.47 bits per heavy atom. The molecule has 15 heavy (non-hydrogen) atoms. The minimum Gasteiger partial charge on any atom is -0.383 e. The highest BCUT2D eigenvalue weighted by molar-refractivity contribution is 5.75. The molecule has 0 radical (unpaired) electrons. The average Bonchev–Trinajstić information content (AvgIpc) is 2.17. The smallest absolute Gasteiger partial charge is 0.235 e. The van der Waals surface area contributed by atoms with Crippen molar-refractivity contribution in [1.29, 1.82) is 0 Å². The molecule has 1 atom stereocenters. The van der Waals surface area contributed by atoms with Crippen molar-refractivity contribution >= 4 is 5.91 Å². The van der Waals surface area contributed by atoms with Crippen molar-refractivity contribution in [3.05, 3.63) is 0 Å². The van der Waals surface area contributed by atoms with Gasteiger partial charge >= 0.3 is 0 Å². The van der Waals surface area contributed by atoms with E-state index in [0.29, 0.717) is 19.1 Å². The summed E-state index contributed by atoms with van der Waals surface area (Å²) in [6, 6.07) is 0.560. The number of carbonyl (C=O) groups excluding carboxylic acids is 1. The molecule has 5 heteroatoms. The Balaban J connectivity index is 4.15. The minimum absolute atomic E-state index is 0.134. The van der Waals surface area contributed by atoms with E-state index in [4.69, 9.17) is 10.6 Å². The molecule has 0 aromatic carbocycles. The van der Waals surface area contributed by atoms with Crippen LogP contribution in [0.15, 0.2) is 0 Å². The molecular weight excluding hydrogens is 194 g/mol. The summed E-state index contributed by atoms with van der Waals surface area (Å²) < 4.78 is 5.04. The Morgan fingerprint density at radius 3 is 2.47 bits per heavy atom. The lowest BCUT2D eigenvalue weighted by Gasteiger charge is -2.32. The fourth-order valence-corrected chi connectivity index (χ4v) is 1.63. The predicted molar refractivity (Wildman–Crippen MR) is 60.1 cm³/mol. The second-order valence-electron chi connectivity index (χ2n) is 3.95. The van der Waals surface area contributed by atoms with Crippen LogP contribution in [0.2, 0.25) is 0 Å². The number of hydrogen-bond donors (Lipinski definition) is 2. The van der Waals surface area contributed by atoms with Crippen LogP contribution in [-0.4, -0.2) is 43.2 Å². The SMILES string of the molecule is COCCN(C(C)C)C(C)CC(=O)NN. The van der Waals surface area contributed by atoms with Crippen LogP contribution in [0.5, 0.6) is 0 Å². The molecule has 0 aromatic rings. The zero-order valence-corrected chi connectivity index (χ0v) is 10.1. The van der Waals surface area contributed by atoms with Crippen molar-refractivity contribution in [3.63, 3.8) is 0 Å². The second-order valence-corrected chi connectivity index (χ2v) is 3.95. The van der Waals surface area contributed by atoms with Gasteiger partial charge in [-0.1, -0.05) is 0 Å². The molecule has 0 rings (SSSR count). The van der Waals surface area contributed by atoms with E-state index in [1.807, 2.05) is 6.92 Å². The zero-order valence-electron chi connectivity index (χ0n) is 10.1. The maximum absolute atomic E-state index is 11.1. The molecule has 0 saturated heterocycles. The largest absolute Gasteiger partial charge is 0.383 e. The van der Waals surface area contributed by atoms with E-state index in [2.05, 4.69) is 24.2 Å². The highest BCUT2D eigenvalue weighted by atomic mass is 16.5. The molecule has 3 N–H and O–H groups in total. The predicted octanol–water partition coefficient (Wildman–Crippen LogP) is 0.112. The van der Waals surface area contributed by atoms with Gasteiger partial charge in [-0.3, -0.25) is 15.1 Å². The normalized spacial score (nSPS) is 13.3. The molecule has 0 aliphatic carbocycles. The molecule has 0 spiro atoms. The van der Waals surface area contributed by atoms with E-state index in [-0.39, 0.29) is 11.9 Å². The van der Waals surface area contributed by atoms with Crippen LogP contribution in [0, 0.1) is 0 Å². The van der Waals surface area contributed by atoms with E-state index < -0.39 is 0 Å². The Labute approximate surface area is 91.9 Å². The van der Waals surface area contributed by atoms with Gasteiger partial charge in [-0.05, 0) is 20.8 Å². The number of methoxy groups -OCH3 is 1. The van der Waals surface area contributed by atoms with E-state index in [9.17, 15) is 4.79 Å². The lowest BCUT2D eigenvalue weighted by Crippen LogP contribution is -2.44. The van der Waals surface area contributed by atoms with Crippen LogP contribution < -0.4 is 11.3 Å². The number of carbonyl (C=O) groups is 1. The highest BCUT2D eigenvalue weighted by Crippen LogP contribution is 2.08. The summed E-state index contributed by atoms with van der Waals surface area (Å²) in [4.78, 5) is 13.4. The van der Waals surface area contributed by atoms with Gasteiger partial charge in [-0.25, -0.2) is 5.84 Å². The number of nitrogens with zero attached hydrogens (tertiary/aromatic N) is 1. The van der Waals surface area contributed by atoms with Crippen molar-refractivity contribution in [2.75, 3.05) is 20.3 Å². The molecular formula is C10H23N3O2. The summed E-state index contributed by atoms with van der Waals surface area (Å²) >= 11 is 0. The Bertz CT molecular complexity index is 186. The monoisotopic (exact) mass is 217 g/mol. The van der Waals surface area contributed by atoms with Crippen LogP contribution in [0.4, 0.5) is 0 Å². The molecule has 90 valence electrons. The van der Waals surface area contributed by atoms with Gasteiger partial charge in [0.05, 0.1) is 6.61 Å². The van der Waals surface area contributed by atoms with E-state index >= 15 is 0 Å². The molecule has 0 aliphatic heterocycles. The second kappa shape index (κ2) is 7.62. The van der Waals surface area contributed by atoms with E-state index in [0.717, 1.165) is 6.54 Å². The van der Waals surface area contributed by atoms with Gasteiger partial charge in [0.25, 0.3) is 0 Å². The number of hydrogen-bond acceptors (Lipinski definition) is 4. The molecule has 5 nitrogen and oxygen atoms in total. The third-order valence-corrected chi connectivity index (χ3v) is 2.42. The topological polar surface area (TPSA) is 67.6 Å². The van der Waals surface area contributed by atoms with Gasteiger partial charge in [-0.2, -0.15) is 0 Å². The van der Waals surface area contributed by atoms with Crippen molar-refractivity contribution < 1.29 is 9.53 Å². The van der Waals surface area contributed by atoms with Gasteiger partial charge in [0.2, 0.25) is 5.91 Å². The molecule has 0 aromatic heterocycles. The molecule has 0 saturated carbocycles. The number of nitrogens with one attached hydrogen (secondary N) is 1. The van der Waals surface area contributed by atoms with E-state index in [1.165, 1.54) is 0 Å². The fourth-order valence-electron chi connectivity index (χ4n) is 1.63. The number of ether oxygens (including phenoxy) is 1. The van der Waals surface area contributed by atoms with E-state index in [1.54, 1.807) is 7.11 Å². The number of amides is 1. The van der Waals surface area contributed by atoms with Crippen molar-refractivity contribution in [2.45, 2.75) is 39.3 Å². The summed E-state index contributed by atoms with van der Waals surface area (Å²) in [5.74, 6) is 4.92. The van der Waals surface area contributed by atoms with Crippen LogP contribution in [-0.2, 0) is 9.53 Å². The van der Waals surface area contributed by atoms with Crippen LogP contribution >= 0.6 is 0 Å². The van der Waals surface area contributed by atoms with Crippen molar-refractivity contribution in [2.24, 2.45) is 5.84 Å². The average molecular weight is 217 g/mol. The standard InChI is InChI=1S/C10H23N3O2/c1-8(2)13(5-6-15-4)9(3)7-10(14)12-11/h8-9H,5-7,11H2,1-4H3,(H,12,14). The van der Waals surface area contributed by atoms with Crippen molar-refractivity contribution in [3.8, 4) is 0 Å². The first-order valence-corrected chi connectivity index (χ1v) is 5.27. The van der Waals surface area contributed by atoms with Gasteiger partial charge in [-0.15, -0.1) is 0 Å². The first-order valence-electron chi connectivity index (χ1n) is 5.27. The number of rotatable bonds is 7. The maximum atomic E-state index is 11.1. The first-order chi connectivity index (χ1) is 7.02. The van der Waals surface area contributed by atoms with Gasteiger partial charge in [0.15, 0.2) is 0 Å². The molecule has 0 bridgehead atoms. The summed E-state index contributed by atoms with van der Waals surface area (Å²) in [7, 11) is 1.68. The lowest BCUT2D eigenvalue weighted by molar-refractivity contribution is -0.122. The minimum atomic E-state index is -0.134. The Morgan fingerprint density at radius 2 is 2.07 bits per heavy atom. The Hall–Kier alpha value is -0.650. The summed E-state index contributed by atoms with van der Waals surface area (Å²) in [6.45, 7) is 7.73. The summed E-state index contributed by atoms with van der Waals surface area (Å²) in [5, 5.41) is 0. The molecule has 1 amide bonds. The van der Waals surface area contributed by atoms with Gasteiger partial charge in [0, 0.05) is 32.2 Å². The third kappa shape index (κ3) is 5.71. The summed E-state index contributed by atoms with van der Waals surface area (Å²) in [5.41, 5.74) is 2.15. The number of hydrazine groups is 1. The third-order valence-electron chi connectivity index (χ3n) is 2.42. The lowest BCUT2D eigenvalue weighted by atomic mass is 10.1. The van der Waals surface area contributed by atoms with Gasteiger partial charge in [0.1, 0.15) is 0 Å². The molecule has 1 unspecified atom stereocenters. The molecule has 0 aliphatic rings. The van der Waals surface area contributed by atoms with Crippen LogP contribution in [0.3, 0.4) is 0 Å². The first kappa shape index (κ1) is 14.3. The number of nitrogens with two attached hydrogens (primary N) is 1. The fraction of sp³-hybridized carbons (Fsp3) is 0.900. The molecule has 0 fully saturated rings. The molecule has 0 heterocycles. The summed E-state index contributed by atoms with van der Waals surface area (Å²) in [6.07, 6.45) is 0.415. The van der Waals surface area contributed by atoms with Crippen LogP contribution in [0.25, 0.3) is 0 Å². The van der Waals surface area contributed by atoms with Crippen LogP contribution in [0.1, 0.15) is 27.2 Å².